The van der Waals surface area contributed by atoms with Crippen LogP contribution >= 0.6 is 0 Å². The molecule has 2 aliphatic heterocycles. The SMILES string of the molecule is CCOC(=O)C1=C(C)NC(C)=C(C(=O)OCC)C1C(=O)OCC(=O)c1cc(C)n(C[C@H]2COc3ccccc3O2)c1C. The number of aryl methyl sites for hydroxylation is 1. The number of dihydropyridines is 1. The molecule has 11 nitrogen and oxygen atoms in total. The molecule has 224 valence electrons. The van der Waals surface area contributed by atoms with E-state index in [0.29, 0.717) is 47.3 Å². The lowest BCUT2D eigenvalue weighted by Crippen LogP contribution is -2.38. The number of ether oxygens (including phenoxy) is 5. The topological polar surface area (TPSA) is 131 Å². The second-order valence-electron chi connectivity index (χ2n) is 10.0. The van der Waals surface area contributed by atoms with Gasteiger partial charge in [0.2, 0.25) is 5.78 Å². The molecule has 1 aromatic carbocycles. The van der Waals surface area contributed by atoms with Gasteiger partial charge in [-0.1, -0.05) is 12.1 Å². The summed E-state index contributed by atoms with van der Waals surface area (Å²) in [6, 6.07) is 9.17. The molecule has 3 heterocycles. The quantitative estimate of drug-likeness (QED) is 0.253. The standard InChI is InChI=1S/C31H36N2O9/c1-7-38-29(35)26-18(4)32-19(5)27(30(36)39-8-2)28(26)31(37)41-16-23(34)22-13-17(3)33(20(22)6)14-21-15-40-24-11-9-10-12-25(24)42-21/h9-13,21,28,32H,7-8,14-16H2,1-6H3/t21-/m0/s1. The first-order chi connectivity index (χ1) is 20.1. The zero-order valence-corrected chi connectivity index (χ0v) is 24.7. The molecule has 0 amide bonds. The third-order valence-electron chi connectivity index (χ3n) is 7.16. The lowest BCUT2D eigenvalue weighted by molar-refractivity contribution is -0.151. The van der Waals surface area contributed by atoms with Crippen molar-refractivity contribution >= 4 is 23.7 Å². The normalized spacial score (nSPS) is 16.6. The molecule has 0 fully saturated rings. The fourth-order valence-electron chi connectivity index (χ4n) is 5.21. The minimum absolute atomic E-state index is 0.0630. The first kappa shape index (κ1) is 30.4. The third kappa shape index (κ3) is 6.19. The maximum absolute atomic E-state index is 13.5. The number of benzene rings is 1. The Balaban J connectivity index is 1.51. The highest BCUT2D eigenvalue weighted by atomic mass is 16.6. The summed E-state index contributed by atoms with van der Waals surface area (Å²) in [5, 5.41) is 2.95. The fourth-order valence-corrected chi connectivity index (χ4v) is 5.21. The molecule has 0 unspecified atom stereocenters. The summed E-state index contributed by atoms with van der Waals surface area (Å²) in [7, 11) is 0. The number of Topliss-reactive ketones (excluding diaryl/α,β-unsaturated/α-hetero) is 1. The molecule has 4 rings (SSSR count). The number of carbonyl (C=O) groups is 4. The highest BCUT2D eigenvalue weighted by Crippen LogP contribution is 2.33. The van der Waals surface area contributed by atoms with Crippen molar-refractivity contribution < 1.29 is 42.9 Å². The maximum atomic E-state index is 13.5. The fraction of sp³-hybridized carbons (Fsp3) is 0.419. The highest BCUT2D eigenvalue weighted by molar-refractivity contribution is 6.06. The molecule has 0 radical (unpaired) electrons. The van der Waals surface area contributed by atoms with Gasteiger partial charge in [0.05, 0.1) is 30.9 Å². The second kappa shape index (κ2) is 13.0. The minimum Gasteiger partial charge on any atom is -0.486 e. The zero-order chi connectivity index (χ0) is 30.6. The summed E-state index contributed by atoms with van der Waals surface area (Å²) in [6.45, 7) is 10.5. The average Bonchev–Trinajstić information content (AvgIpc) is 3.23. The van der Waals surface area contributed by atoms with E-state index in [4.69, 9.17) is 23.7 Å². The van der Waals surface area contributed by atoms with Gasteiger partial charge < -0.3 is 33.6 Å². The van der Waals surface area contributed by atoms with Gasteiger partial charge in [0.15, 0.2) is 24.2 Å². The summed E-state index contributed by atoms with van der Waals surface area (Å²) in [5.74, 6) is -2.98. The smallest absolute Gasteiger partial charge is 0.337 e. The maximum Gasteiger partial charge on any atom is 0.337 e. The van der Waals surface area contributed by atoms with Crippen LogP contribution in [0.25, 0.3) is 0 Å². The number of esters is 3. The van der Waals surface area contributed by atoms with Crippen LogP contribution < -0.4 is 14.8 Å². The number of allylic oxidation sites excluding steroid dienone is 2. The predicted molar refractivity (Wildman–Crippen MR) is 151 cm³/mol. The Morgan fingerprint density at radius 2 is 1.50 bits per heavy atom. The van der Waals surface area contributed by atoms with Gasteiger partial charge in [-0.3, -0.25) is 9.59 Å². The van der Waals surface area contributed by atoms with Gasteiger partial charge in [-0.25, -0.2) is 9.59 Å². The van der Waals surface area contributed by atoms with E-state index in [2.05, 4.69) is 5.32 Å². The zero-order valence-electron chi connectivity index (χ0n) is 24.7. The van der Waals surface area contributed by atoms with Crippen molar-refractivity contribution in [3.8, 4) is 11.5 Å². The van der Waals surface area contributed by atoms with E-state index in [9.17, 15) is 19.2 Å². The van der Waals surface area contributed by atoms with Gasteiger partial charge in [-0.05, 0) is 59.7 Å². The number of hydrogen-bond acceptors (Lipinski definition) is 10. The van der Waals surface area contributed by atoms with Crippen LogP contribution in [-0.4, -0.2) is 60.8 Å². The number of nitrogens with zero attached hydrogens (tertiary/aromatic N) is 1. The molecule has 2 aliphatic rings. The molecule has 0 spiro atoms. The van der Waals surface area contributed by atoms with E-state index in [1.165, 1.54) is 0 Å². The molecular weight excluding hydrogens is 544 g/mol. The molecule has 1 aromatic heterocycles. The molecule has 1 N–H and O–H groups in total. The molecule has 1 atom stereocenters. The Morgan fingerprint density at radius 3 is 2.10 bits per heavy atom. The van der Waals surface area contributed by atoms with Gasteiger partial charge in [0, 0.05) is 28.3 Å². The highest BCUT2D eigenvalue weighted by Gasteiger charge is 2.42. The van der Waals surface area contributed by atoms with Crippen molar-refractivity contribution in [3.05, 3.63) is 69.8 Å². The molecule has 42 heavy (non-hydrogen) atoms. The first-order valence-corrected chi connectivity index (χ1v) is 13.8. The van der Waals surface area contributed by atoms with Crippen LogP contribution in [-0.2, 0) is 35.1 Å². The van der Waals surface area contributed by atoms with Crippen LogP contribution in [0.15, 0.2) is 52.9 Å². The Morgan fingerprint density at radius 1 is 0.905 bits per heavy atom. The number of rotatable bonds is 10. The van der Waals surface area contributed by atoms with Gasteiger partial charge in [0.25, 0.3) is 0 Å². The van der Waals surface area contributed by atoms with Crippen LogP contribution in [0, 0.1) is 19.8 Å². The Bertz CT molecular complexity index is 1430. The number of hydrogen-bond donors (Lipinski definition) is 1. The number of fused-ring (bicyclic) bond motifs is 1. The molecule has 0 aliphatic carbocycles. The predicted octanol–water partition coefficient (Wildman–Crippen LogP) is 3.56. The van der Waals surface area contributed by atoms with Gasteiger partial charge in [-0.2, -0.15) is 0 Å². The second-order valence-corrected chi connectivity index (χ2v) is 10.0. The number of carbonyl (C=O) groups excluding carboxylic acids is 4. The Labute approximate surface area is 244 Å². The molecule has 0 saturated heterocycles. The first-order valence-electron chi connectivity index (χ1n) is 13.8. The van der Waals surface area contributed by atoms with Crippen LogP contribution in [0.1, 0.15) is 49.4 Å². The van der Waals surface area contributed by atoms with Gasteiger partial charge >= 0.3 is 17.9 Å². The van der Waals surface area contributed by atoms with Crippen molar-refractivity contribution in [1.29, 1.82) is 0 Å². The molecular formula is C31H36N2O9. The summed E-state index contributed by atoms with van der Waals surface area (Å²) in [4.78, 5) is 52.4. The van der Waals surface area contributed by atoms with Crippen LogP contribution in [0.3, 0.4) is 0 Å². The summed E-state index contributed by atoms with van der Waals surface area (Å²) < 4.78 is 29.6. The van der Waals surface area contributed by atoms with E-state index >= 15 is 0 Å². The number of aromatic nitrogens is 1. The number of nitrogens with one attached hydrogen (secondary N) is 1. The minimum atomic E-state index is -1.42. The van der Waals surface area contributed by atoms with E-state index in [-0.39, 0.29) is 30.5 Å². The van der Waals surface area contributed by atoms with Crippen molar-refractivity contribution in [2.24, 2.45) is 5.92 Å². The van der Waals surface area contributed by atoms with E-state index in [1.807, 2.05) is 42.7 Å². The molecule has 0 saturated carbocycles. The van der Waals surface area contributed by atoms with Crippen molar-refractivity contribution in [3.63, 3.8) is 0 Å². The molecule has 11 heteroatoms. The van der Waals surface area contributed by atoms with E-state index in [1.54, 1.807) is 33.8 Å². The van der Waals surface area contributed by atoms with Gasteiger partial charge in [0.1, 0.15) is 12.5 Å². The average molecular weight is 581 g/mol. The summed E-state index contributed by atoms with van der Waals surface area (Å²) in [5.41, 5.74) is 2.44. The summed E-state index contributed by atoms with van der Waals surface area (Å²) in [6.07, 6.45) is -0.266. The van der Waals surface area contributed by atoms with Crippen molar-refractivity contribution in [1.82, 2.24) is 9.88 Å². The van der Waals surface area contributed by atoms with Crippen LogP contribution in [0.2, 0.25) is 0 Å². The monoisotopic (exact) mass is 580 g/mol. The number of para-hydroxylation sites is 2. The lowest BCUT2D eigenvalue weighted by atomic mass is 9.85. The Hall–Kier alpha value is -4.54. The van der Waals surface area contributed by atoms with Crippen LogP contribution in [0.5, 0.6) is 11.5 Å². The lowest BCUT2D eigenvalue weighted by Gasteiger charge is -2.28. The van der Waals surface area contributed by atoms with Gasteiger partial charge in [-0.15, -0.1) is 0 Å². The Kier molecular flexibility index (Phi) is 9.39. The third-order valence-corrected chi connectivity index (χ3v) is 7.16. The van der Waals surface area contributed by atoms with Crippen molar-refractivity contribution in [2.75, 3.05) is 26.4 Å². The van der Waals surface area contributed by atoms with E-state index < -0.39 is 36.2 Å². The summed E-state index contributed by atoms with van der Waals surface area (Å²) >= 11 is 0. The van der Waals surface area contributed by atoms with Crippen LogP contribution in [0.4, 0.5) is 0 Å². The molecule has 2 aromatic rings. The van der Waals surface area contributed by atoms with E-state index in [0.717, 1.165) is 5.69 Å². The van der Waals surface area contributed by atoms with Crippen molar-refractivity contribution in [2.45, 2.75) is 54.2 Å². The molecule has 0 bridgehead atoms. The largest absolute Gasteiger partial charge is 0.486 e. The number of ketones is 1.